The average molecular weight is 300 g/mol. The molecule has 5 heteroatoms. The summed E-state index contributed by atoms with van der Waals surface area (Å²) in [4.78, 5) is 16.2. The molecule has 0 amide bonds. The lowest BCUT2D eigenvalue weighted by molar-refractivity contribution is 0.000338. The Morgan fingerprint density at radius 2 is 1.91 bits per heavy atom. The Balaban J connectivity index is 2.18. The lowest BCUT2D eigenvalue weighted by atomic mass is 9.83. The van der Waals surface area contributed by atoms with E-state index >= 15 is 0 Å². The molecule has 0 saturated carbocycles. The highest BCUT2D eigenvalue weighted by molar-refractivity contribution is 5.87. The first kappa shape index (κ1) is 14.8. The fourth-order valence-corrected chi connectivity index (χ4v) is 3.66. The van der Waals surface area contributed by atoms with Gasteiger partial charge in [0, 0.05) is 12.5 Å². The van der Waals surface area contributed by atoms with Gasteiger partial charge in [-0.05, 0) is 11.1 Å². The van der Waals surface area contributed by atoms with Crippen LogP contribution in [0.1, 0.15) is 47.6 Å². The number of hydrogen-bond donors (Lipinski definition) is 0. The Kier molecular flexibility index (Phi) is 3.53. The molecule has 0 saturated heterocycles. The van der Waals surface area contributed by atoms with E-state index < -0.39 is 0 Å². The number of aromatic nitrogens is 2. The zero-order valence-electron chi connectivity index (χ0n) is 13.2. The Morgan fingerprint density at radius 3 is 2.55 bits per heavy atom. The van der Waals surface area contributed by atoms with Gasteiger partial charge >= 0.3 is 5.97 Å². The Hall–Kier alpha value is -2.14. The lowest BCUT2D eigenvalue weighted by Gasteiger charge is -2.33. The molecule has 1 aliphatic carbocycles. The molecule has 0 radical (unpaired) electrons. The van der Waals surface area contributed by atoms with Crippen molar-refractivity contribution in [2.45, 2.75) is 26.0 Å². The van der Waals surface area contributed by atoms with Gasteiger partial charge in [-0.3, -0.25) is 0 Å². The smallest absolute Gasteiger partial charge is 0.356 e. The normalized spacial score (nSPS) is 22.4. The summed E-state index contributed by atoms with van der Waals surface area (Å²) in [7, 11) is 3.10. The number of hydrogen-bond acceptors (Lipinski definition) is 4. The van der Waals surface area contributed by atoms with Crippen molar-refractivity contribution >= 4 is 5.97 Å². The van der Waals surface area contributed by atoms with Crippen molar-refractivity contribution < 1.29 is 14.3 Å². The Morgan fingerprint density at radius 1 is 1.23 bits per heavy atom. The largest absolute Gasteiger partial charge is 0.464 e. The summed E-state index contributed by atoms with van der Waals surface area (Å²) in [5.74, 6) is -0.383. The summed E-state index contributed by atoms with van der Waals surface area (Å²) >= 11 is 0. The lowest BCUT2D eigenvalue weighted by Crippen LogP contribution is -2.29. The second kappa shape index (κ2) is 5.25. The van der Waals surface area contributed by atoms with Crippen molar-refractivity contribution in [3.63, 3.8) is 0 Å². The third-order valence-corrected chi connectivity index (χ3v) is 4.53. The van der Waals surface area contributed by atoms with E-state index in [0.717, 1.165) is 11.1 Å². The van der Waals surface area contributed by atoms with Crippen LogP contribution in [-0.4, -0.2) is 29.7 Å². The minimum atomic E-state index is -0.383. The molecule has 2 atom stereocenters. The van der Waals surface area contributed by atoms with E-state index in [2.05, 4.69) is 31.0 Å². The molecule has 0 bridgehead atoms. The fourth-order valence-electron chi connectivity index (χ4n) is 3.66. The van der Waals surface area contributed by atoms with Gasteiger partial charge in [0.05, 0.1) is 31.8 Å². The van der Waals surface area contributed by atoms with Crippen LogP contribution in [0, 0.1) is 5.41 Å². The standard InChI is InChI=1S/C17H20N2O3/c1-17(2)14(19-10-18-9-13(19)16(20)22-4)11-7-5-6-8-12(11)15(17)21-3/h5-10,14-15H,1-4H3. The molecule has 1 aromatic heterocycles. The molecule has 3 rings (SSSR count). The van der Waals surface area contributed by atoms with Crippen LogP contribution in [0.2, 0.25) is 0 Å². The van der Waals surface area contributed by atoms with E-state index in [1.807, 2.05) is 16.7 Å². The van der Waals surface area contributed by atoms with E-state index in [1.165, 1.54) is 7.11 Å². The van der Waals surface area contributed by atoms with Crippen LogP contribution >= 0.6 is 0 Å². The zero-order chi connectivity index (χ0) is 15.9. The number of carbonyl (C=O) groups excluding carboxylic acids is 1. The highest BCUT2D eigenvalue weighted by atomic mass is 16.5. The first-order valence-electron chi connectivity index (χ1n) is 7.24. The number of nitrogens with zero attached hydrogens (tertiary/aromatic N) is 2. The maximum absolute atomic E-state index is 12.0. The molecule has 0 fully saturated rings. The third-order valence-electron chi connectivity index (χ3n) is 4.53. The molecule has 116 valence electrons. The van der Waals surface area contributed by atoms with Gasteiger partial charge in [-0.2, -0.15) is 0 Å². The topological polar surface area (TPSA) is 53.3 Å². The summed E-state index contributed by atoms with van der Waals surface area (Å²) in [6.45, 7) is 4.29. The van der Waals surface area contributed by atoms with Crippen molar-refractivity contribution in [2.75, 3.05) is 14.2 Å². The monoisotopic (exact) mass is 300 g/mol. The van der Waals surface area contributed by atoms with Gasteiger partial charge in [0.15, 0.2) is 0 Å². The van der Waals surface area contributed by atoms with Crippen molar-refractivity contribution in [3.8, 4) is 0 Å². The van der Waals surface area contributed by atoms with Crippen LogP contribution < -0.4 is 0 Å². The minimum Gasteiger partial charge on any atom is -0.464 e. The van der Waals surface area contributed by atoms with E-state index in [1.54, 1.807) is 19.6 Å². The van der Waals surface area contributed by atoms with Crippen molar-refractivity contribution in [1.29, 1.82) is 0 Å². The number of esters is 1. The zero-order valence-corrected chi connectivity index (χ0v) is 13.2. The number of methoxy groups -OCH3 is 2. The molecule has 0 N–H and O–H groups in total. The van der Waals surface area contributed by atoms with Crippen LogP contribution in [0.3, 0.4) is 0 Å². The summed E-state index contributed by atoms with van der Waals surface area (Å²) in [6, 6.07) is 8.15. The van der Waals surface area contributed by atoms with Crippen LogP contribution in [0.5, 0.6) is 0 Å². The first-order valence-corrected chi connectivity index (χ1v) is 7.24. The van der Waals surface area contributed by atoms with Gasteiger partial charge < -0.3 is 14.0 Å². The quantitative estimate of drug-likeness (QED) is 0.818. The first-order chi connectivity index (χ1) is 10.5. The second-order valence-electron chi connectivity index (χ2n) is 6.15. The molecule has 1 heterocycles. The van der Waals surface area contributed by atoms with E-state index in [9.17, 15) is 4.79 Å². The minimum absolute atomic E-state index is 0.0368. The Bertz CT molecular complexity index is 705. The fraction of sp³-hybridized carbons (Fsp3) is 0.412. The molecule has 2 aromatic rings. The molecule has 0 aliphatic heterocycles. The predicted octanol–water partition coefficient (Wildman–Crippen LogP) is 2.99. The van der Waals surface area contributed by atoms with Gasteiger partial charge in [-0.25, -0.2) is 9.78 Å². The van der Waals surface area contributed by atoms with Gasteiger partial charge in [-0.15, -0.1) is 0 Å². The summed E-state index contributed by atoms with van der Waals surface area (Å²) in [6.07, 6.45) is 3.19. The molecule has 1 aliphatic rings. The number of benzene rings is 1. The molecule has 1 aromatic carbocycles. The van der Waals surface area contributed by atoms with Gasteiger partial charge in [-0.1, -0.05) is 38.1 Å². The van der Waals surface area contributed by atoms with E-state index in [-0.39, 0.29) is 23.5 Å². The van der Waals surface area contributed by atoms with Crippen molar-refractivity contribution in [2.24, 2.45) is 5.41 Å². The van der Waals surface area contributed by atoms with E-state index in [4.69, 9.17) is 9.47 Å². The number of imidazole rings is 1. The number of fused-ring (bicyclic) bond motifs is 1. The van der Waals surface area contributed by atoms with Gasteiger partial charge in [0.2, 0.25) is 0 Å². The van der Waals surface area contributed by atoms with Gasteiger partial charge in [0.1, 0.15) is 5.69 Å². The summed E-state index contributed by atoms with van der Waals surface area (Å²) in [5, 5.41) is 0. The molecular weight excluding hydrogens is 280 g/mol. The van der Waals surface area contributed by atoms with Crippen LogP contribution in [0.15, 0.2) is 36.8 Å². The second-order valence-corrected chi connectivity index (χ2v) is 6.15. The average Bonchev–Trinajstić information content (AvgIpc) is 3.05. The van der Waals surface area contributed by atoms with E-state index in [0.29, 0.717) is 5.69 Å². The molecular formula is C17H20N2O3. The SMILES string of the molecule is COC(=O)c1cncn1C1c2ccccc2C(OC)C1(C)C. The van der Waals surface area contributed by atoms with Crippen LogP contribution in [0.4, 0.5) is 0 Å². The highest BCUT2D eigenvalue weighted by Crippen LogP contribution is 2.55. The summed E-state index contributed by atoms with van der Waals surface area (Å²) < 4.78 is 12.5. The van der Waals surface area contributed by atoms with Crippen molar-refractivity contribution in [1.82, 2.24) is 9.55 Å². The number of rotatable bonds is 3. The molecule has 22 heavy (non-hydrogen) atoms. The molecule has 2 unspecified atom stereocenters. The maximum atomic E-state index is 12.0. The number of ether oxygens (including phenoxy) is 2. The van der Waals surface area contributed by atoms with Gasteiger partial charge in [0.25, 0.3) is 0 Å². The summed E-state index contributed by atoms with van der Waals surface area (Å²) in [5.41, 5.74) is 2.54. The van der Waals surface area contributed by atoms with Crippen LogP contribution in [-0.2, 0) is 9.47 Å². The Labute approximate surface area is 129 Å². The third kappa shape index (κ3) is 1.96. The highest BCUT2D eigenvalue weighted by Gasteiger charge is 2.49. The molecule has 0 spiro atoms. The maximum Gasteiger partial charge on any atom is 0.356 e. The molecule has 5 nitrogen and oxygen atoms in total. The number of carbonyl (C=O) groups is 1. The van der Waals surface area contributed by atoms with Crippen molar-refractivity contribution in [3.05, 3.63) is 53.6 Å². The predicted molar refractivity (Wildman–Crippen MR) is 81.7 cm³/mol. The van der Waals surface area contributed by atoms with Crippen LogP contribution in [0.25, 0.3) is 0 Å².